The third-order valence-corrected chi connectivity index (χ3v) is 4.58. The van der Waals surface area contributed by atoms with Gasteiger partial charge in [-0.15, -0.1) is 0 Å². The fourth-order valence-electron chi connectivity index (χ4n) is 3.00. The predicted octanol–water partition coefficient (Wildman–Crippen LogP) is 4.61. The van der Waals surface area contributed by atoms with Gasteiger partial charge >= 0.3 is 5.97 Å². The van der Waals surface area contributed by atoms with Crippen LogP contribution in [0.3, 0.4) is 0 Å². The van der Waals surface area contributed by atoms with Gasteiger partial charge in [-0.05, 0) is 18.2 Å². The second kappa shape index (κ2) is 8.36. The fourth-order valence-corrected chi connectivity index (χ4v) is 3.16. The molecule has 0 bridgehead atoms. The Bertz CT molecular complexity index is 1150. The molecule has 2 aromatic heterocycles. The molecule has 4 aromatic rings. The van der Waals surface area contributed by atoms with E-state index in [-0.39, 0.29) is 11.6 Å². The Morgan fingerprint density at radius 2 is 1.97 bits per heavy atom. The van der Waals surface area contributed by atoms with E-state index in [1.165, 1.54) is 0 Å². The molecule has 2 aromatic carbocycles. The van der Waals surface area contributed by atoms with Gasteiger partial charge in [0.05, 0.1) is 19.2 Å². The Kier molecular flexibility index (Phi) is 5.48. The van der Waals surface area contributed by atoms with Crippen LogP contribution in [0.1, 0.15) is 23.4 Å². The van der Waals surface area contributed by atoms with Crippen LogP contribution in [0, 0.1) is 0 Å². The molecule has 7 nitrogen and oxygen atoms in total. The molecule has 2 heterocycles. The highest BCUT2D eigenvalue weighted by atomic mass is 35.5. The molecule has 0 fully saturated rings. The number of hydrogen-bond acceptors (Lipinski definition) is 7. The summed E-state index contributed by atoms with van der Waals surface area (Å²) < 4.78 is 21.2. The van der Waals surface area contributed by atoms with Crippen molar-refractivity contribution in [2.75, 3.05) is 7.11 Å². The lowest BCUT2D eigenvalue weighted by Crippen LogP contribution is -2.08. The zero-order valence-electron chi connectivity index (χ0n) is 15.6. The van der Waals surface area contributed by atoms with Crippen molar-refractivity contribution < 1.29 is 23.3 Å². The number of ether oxygens (including phenoxy) is 2. The lowest BCUT2D eigenvalue weighted by atomic mass is 10.1. The molecule has 0 N–H and O–H groups in total. The van der Waals surface area contributed by atoms with Gasteiger partial charge < -0.3 is 18.5 Å². The number of para-hydroxylation sites is 1. The van der Waals surface area contributed by atoms with Crippen molar-refractivity contribution in [3.63, 3.8) is 0 Å². The van der Waals surface area contributed by atoms with Gasteiger partial charge in [0.25, 0.3) is 0 Å². The first-order valence-corrected chi connectivity index (χ1v) is 9.32. The molecule has 0 spiro atoms. The molecule has 0 amide bonds. The maximum absolute atomic E-state index is 12.1. The smallest absolute Gasteiger partial charge is 0.311 e. The van der Waals surface area contributed by atoms with E-state index in [1.807, 2.05) is 30.3 Å². The largest absolute Gasteiger partial charge is 0.496 e. The Balaban J connectivity index is 1.44. The van der Waals surface area contributed by atoms with Crippen molar-refractivity contribution in [2.24, 2.45) is 0 Å². The second-order valence-electron chi connectivity index (χ2n) is 6.37. The van der Waals surface area contributed by atoms with Gasteiger partial charge in [0.2, 0.25) is 0 Å². The van der Waals surface area contributed by atoms with Gasteiger partial charge in [-0.25, -0.2) is 0 Å². The van der Waals surface area contributed by atoms with Crippen LogP contribution in [0.2, 0.25) is 5.15 Å². The summed E-state index contributed by atoms with van der Waals surface area (Å²) in [5, 5.41) is 8.84. The number of esters is 1. The average Bonchev–Trinajstić information content (AvgIpc) is 3.32. The van der Waals surface area contributed by atoms with E-state index in [9.17, 15) is 4.79 Å². The lowest BCUT2D eigenvalue weighted by molar-refractivity contribution is -0.134. The standard InChI is InChI=1S/C21H17ClN2O5/c1-26-18-5-3-2-4-13(18)10-17-16-8-6-14(11-19(16)29-23-17)27-21(25)9-7-15-12-20(22)24-28-15/h2-6,8,11-12H,7,9-10H2,1H3. The van der Waals surface area contributed by atoms with Gasteiger partial charge in [0.15, 0.2) is 10.7 Å². The number of halogens is 1. The van der Waals surface area contributed by atoms with Crippen LogP contribution in [0.5, 0.6) is 11.5 Å². The van der Waals surface area contributed by atoms with Gasteiger partial charge in [-0.2, -0.15) is 0 Å². The molecular formula is C21H17ClN2O5. The summed E-state index contributed by atoms with van der Waals surface area (Å²) >= 11 is 5.69. The number of aromatic nitrogens is 2. The number of benzene rings is 2. The molecule has 148 valence electrons. The summed E-state index contributed by atoms with van der Waals surface area (Å²) in [4.78, 5) is 12.1. The number of fused-ring (bicyclic) bond motifs is 1. The molecular weight excluding hydrogens is 396 g/mol. The highest BCUT2D eigenvalue weighted by Gasteiger charge is 2.14. The van der Waals surface area contributed by atoms with Crippen molar-refractivity contribution in [3.8, 4) is 11.5 Å². The predicted molar refractivity (Wildman–Crippen MR) is 105 cm³/mol. The quantitative estimate of drug-likeness (QED) is 0.323. The van der Waals surface area contributed by atoms with Gasteiger partial charge in [0.1, 0.15) is 17.3 Å². The zero-order chi connectivity index (χ0) is 20.2. The van der Waals surface area contributed by atoms with Crippen LogP contribution in [-0.2, 0) is 17.6 Å². The van der Waals surface area contributed by atoms with Gasteiger partial charge in [0, 0.05) is 35.9 Å². The Morgan fingerprint density at radius 3 is 2.76 bits per heavy atom. The van der Waals surface area contributed by atoms with E-state index < -0.39 is 5.97 Å². The lowest BCUT2D eigenvalue weighted by Gasteiger charge is -2.06. The SMILES string of the molecule is COc1ccccc1Cc1noc2cc(OC(=O)CCc3cc(Cl)no3)ccc12. The third kappa shape index (κ3) is 4.41. The van der Waals surface area contributed by atoms with Crippen molar-refractivity contribution in [2.45, 2.75) is 19.3 Å². The molecule has 4 rings (SSSR count). The molecule has 8 heteroatoms. The minimum absolute atomic E-state index is 0.138. The van der Waals surface area contributed by atoms with Crippen molar-refractivity contribution in [3.05, 3.63) is 70.7 Å². The Morgan fingerprint density at radius 1 is 1.10 bits per heavy atom. The van der Waals surface area contributed by atoms with Gasteiger partial charge in [-0.3, -0.25) is 4.79 Å². The highest BCUT2D eigenvalue weighted by Crippen LogP contribution is 2.28. The number of methoxy groups -OCH3 is 1. The highest BCUT2D eigenvalue weighted by molar-refractivity contribution is 6.29. The van der Waals surface area contributed by atoms with Crippen molar-refractivity contribution in [1.29, 1.82) is 0 Å². The molecule has 0 radical (unpaired) electrons. The number of carbonyl (C=O) groups is 1. The molecule has 0 aliphatic heterocycles. The molecule has 29 heavy (non-hydrogen) atoms. The third-order valence-electron chi connectivity index (χ3n) is 4.41. The van der Waals surface area contributed by atoms with E-state index >= 15 is 0 Å². The maximum atomic E-state index is 12.1. The van der Waals surface area contributed by atoms with E-state index in [0.717, 1.165) is 22.4 Å². The fraction of sp³-hybridized carbons (Fsp3) is 0.190. The summed E-state index contributed by atoms with van der Waals surface area (Å²) in [6.07, 6.45) is 1.06. The van der Waals surface area contributed by atoms with Crippen LogP contribution >= 0.6 is 11.6 Å². The van der Waals surface area contributed by atoms with Crippen LogP contribution in [0.4, 0.5) is 0 Å². The first kappa shape index (κ1) is 19.0. The minimum atomic E-state index is -0.398. The summed E-state index contributed by atoms with van der Waals surface area (Å²) in [5.74, 6) is 1.31. The summed E-state index contributed by atoms with van der Waals surface area (Å²) in [6.45, 7) is 0. The van der Waals surface area contributed by atoms with E-state index in [4.69, 9.17) is 30.1 Å². The van der Waals surface area contributed by atoms with E-state index in [2.05, 4.69) is 10.3 Å². The normalized spacial score (nSPS) is 11.0. The van der Waals surface area contributed by atoms with Gasteiger partial charge in [-0.1, -0.05) is 40.1 Å². The van der Waals surface area contributed by atoms with Crippen LogP contribution in [-0.4, -0.2) is 23.4 Å². The number of nitrogens with zero attached hydrogens (tertiary/aromatic N) is 2. The Hall–Kier alpha value is -3.32. The second-order valence-corrected chi connectivity index (χ2v) is 6.75. The summed E-state index contributed by atoms with van der Waals surface area (Å²) in [7, 11) is 1.64. The van der Waals surface area contributed by atoms with Crippen LogP contribution in [0.15, 0.2) is 57.6 Å². The summed E-state index contributed by atoms with van der Waals surface area (Å²) in [5.41, 5.74) is 2.33. The molecule has 0 atom stereocenters. The monoisotopic (exact) mass is 412 g/mol. The molecule has 0 aliphatic rings. The Labute approximate surface area is 171 Å². The van der Waals surface area contributed by atoms with Crippen LogP contribution < -0.4 is 9.47 Å². The number of hydrogen-bond donors (Lipinski definition) is 0. The molecule has 0 saturated heterocycles. The maximum Gasteiger partial charge on any atom is 0.311 e. The number of rotatable bonds is 7. The molecule has 0 aliphatic carbocycles. The topological polar surface area (TPSA) is 87.6 Å². The minimum Gasteiger partial charge on any atom is -0.496 e. The van der Waals surface area contributed by atoms with E-state index in [0.29, 0.717) is 29.9 Å². The number of aryl methyl sites for hydroxylation is 1. The first-order chi connectivity index (χ1) is 14.1. The average molecular weight is 413 g/mol. The van der Waals surface area contributed by atoms with Crippen molar-refractivity contribution in [1.82, 2.24) is 10.3 Å². The molecule has 0 unspecified atom stereocenters. The zero-order valence-corrected chi connectivity index (χ0v) is 16.3. The van der Waals surface area contributed by atoms with E-state index in [1.54, 1.807) is 25.3 Å². The molecule has 0 saturated carbocycles. The summed E-state index contributed by atoms with van der Waals surface area (Å²) in [6, 6.07) is 14.5. The number of carbonyl (C=O) groups excluding carboxylic acids is 1. The first-order valence-electron chi connectivity index (χ1n) is 8.94. The van der Waals surface area contributed by atoms with Crippen LogP contribution in [0.25, 0.3) is 11.0 Å². The van der Waals surface area contributed by atoms with Crippen molar-refractivity contribution >= 4 is 28.5 Å².